The fourth-order valence-electron chi connectivity index (χ4n) is 1.56. The summed E-state index contributed by atoms with van der Waals surface area (Å²) in [6.45, 7) is 7.96. The molecule has 0 saturated carbocycles. The van der Waals surface area contributed by atoms with Crippen LogP contribution >= 0.6 is 0 Å². The summed E-state index contributed by atoms with van der Waals surface area (Å²) in [7, 11) is 0. The number of hydrogen-bond donors (Lipinski definition) is 1. The summed E-state index contributed by atoms with van der Waals surface area (Å²) in [4.78, 5) is 0. The van der Waals surface area contributed by atoms with Gasteiger partial charge in [-0.3, -0.25) is 0 Å². The molecule has 1 unspecified atom stereocenters. The van der Waals surface area contributed by atoms with E-state index in [2.05, 4.69) is 26.0 Å². The number of ether oxygens (including phenoxy) is 2. The number of benzene rings is 1. The highest BCUT2D eigenvalue weighted by molar-refractivity contribution is 5.28. The minimum absolute atomic E-state index is 0.0234. The summed E-state index contributed by atoms with van der Waals surface area (Å²) in [6.07, 6.45) is -0.0234. The number of hydrogen-bond acceptors (Lipinski definition) is 3. The molecule has 0 saturated heterocycles. The first-order chi connectivity index (χ1) is 8.17. The van der Waals surface area contributed by atoms with Gasteiger partial charge in [0, 0.05) is 13.2 Å². The number of rotatable bonds is 7. The third-order valence-electron chi connectivity index (χ3n) is 2.65. The Labute approximate surface area is 104 Å². The fourth-order valence-corrected chi connectivity index (χ4v) is 1.56. The van der Waals surface area contributed by atoms with Gasteiger partial charge >= 0.3 is 0 Å². The molecule has 0 radical (unpaired) electrons. The molecule has 1 atom stereocenters. The zero-order valence-corrected chi connectivity index (χ0v) is 11.0. The van der Waals surface area contributed by atoms with E-state index in [0.29, 0.717) is 25.7 Å². The first-order valence-corrected chi connectivity index (χ1v) is 6.21. The molecule has 0 aliphatic rings. The van der Waals surface area contributed by atoms with E-state index in [4.69, 9.17) is 15.2 Å². The largest absolute Gasteiger partial charge is 0.491 e. The zero-order valence-electron chi connectivity index (χ0n) is 11.0. The van der Waals surface area contributed by atoms with Gasteiger partial charge in [-0.25, -0.2) is 0 Å². The van der Waals surface area contributed by atoms with Gasteiger partial charge in [0.2, 0.25) is 0 Å². The van der Waals surface area contributed by atoms with Crippen LogP contribution in [-0.4, -0.2) is 25.9 Å². The smallest absolute Gasteiger partial charge is 0.119 e. The molecular formula is C14H23NO2. The Balaban J connectivity index is 2.46. The van der Waals surface area contributed by atoms with Gasteiger partial charge in [-0.05, 0) is 30.5 Å². The molecule has 0 aliphatic carbocycles. The Kier molecular flexibility index (Phi) is 6.01. The normalized spacial score (nSPS) is 12.8. The van der Waals surface area contributed by atoms with Gasteiger partial charge in [-0.1, -0.05) is 26.0 Å². The maximum Gasteiger partial charge on any atom is 0.119 e. The Morgan fingerprint density at radius 2 is 1.82 bits per heavy atom. The van der Waals surface area contributed by atoms with Gasteiger partial charge < -0.3 is 15.2 Å². The van der Waals surface area contributed by atoms with Crippen molar-refractivity contribution in [3.8, 4) is 5.75 Å². The molecule has 3 nitrogen and oxygen atoms in total. The molecule has 1 aromatic rings. The maximum atomic E-state index is 5.64. The Bertz CT molecular complexity index is 309. The third-order valence-corrected chi connectivity index (χ3v) is 2.65. The van der Waals surface area contributed by atoms with Crippen molar-refractivity contribution < 1.29 is 9.47 Å². The van der Waals surface area contributed by atoms with E-state index in [1.54, 1.807) is 0 Å². The van der Waals surface area contributed by atoms with Gasteiger partial charge in [-0.2, -0.15) is 0 Å². The lowest BCUT2D eigenvalue weighted by Crippen LogP contribution is -2.30. The molecule has 0 aromatic heterocycles. The van der Waals surface area contributed by atoms with Crippen molar-refractivity contribution >= 4 is 0 Å². The lowest BCUT2D eigenvalue weighted by Gasteiger charge is -2.16. The molecule has 2 N–H and O–H groups in total. The summed E-state index contributed by atoms with van der Waals surface area (Å²) in [6, 6.07) is 8.18. The van der Waals surface area contributed by atoms with Crippen molar-refractivity contribution in [1.29, 1.82) is 0 Å². The molecule has 1 rings (SSSR count). The van der Waals surface area contributed by atoms with Crippen molar-refractivity contribution in [2.24, 2.45) is 5.73 Å². The van der Waals surface area contributed by atoms with Crippen molar-refractivity contribution in [2.75, 3.05) is 19.8 Å². The predicted octanol–water partition coefficient (Wildman–Crippen LogP) is 2.55. The van der Waals surface area contributed by atoms with Crippen molar-refractivity contribution in [3.63, 3.8) is 0 Å². The SMILES string of the molecule is CCOC(CN)COc1ccc(C(C)C)cc1. The van der Waals surface area contributed by atoms with Gasteiger partial charge in [-0.15, -0.1) is 0 Å². The average Bonchev–Trinajstić information content (AvgIpc) is 2.35. The quantitative estimate of drug-likeness (QED) is 0.792. The van der Waals surface area contributed by atoms with E-state index >= 15 is 0 Å². The molecule has 0 amide bonds. The van der Waals surface area contributed by atoms with Crippen LogP contribution in [0.25, 0.3) is 0 Å². The van der Waals surface area contributed by atoms with E-state index in [1.807, 2.05) is 19.1 Å². The molecule has 17 heavy (non-hydrogen) atoms. The molecule has 0 fully saturated rings. The highest BCUT2D eigenvalue weighted by Gasteiger charge is 2.07. The topological polar surface area (TPSA) is 44.5 Å². The van der Waals surface area contributed by atoms with Crippen molar-refractivity contribution in [2.45, 2.75) is 32.8 Å². The van der Waals surface area contributed by atoms with Gasteiger partial charge in [0.05, 0.1) is 0 Å². The molecular weight excluding hydrogens is 214 g/mol. The minimum Gasteiger partial charge on any atom is -0.491 e. The molecule has 0 bridgehead atoms. The summed E-state index contributed by atoms with van der Waals surface area (Å²) in [5.41, 5.74) is 6.90. The second kappa shape index (κ2) is 7.30. The molecule has 0 spiro atoms. The molecule has 0 aliphatic heterocycles. The van der Waals surface area contributed by atoms with Crippen LogP contribution in [0.4, 0.5) is 0 Å². The lowest BCUT2D eigenvalue weighted by atomic mass is 10.0. The van der Waals surface area contributed by atoms with Crippen LogP contribution in [0.5, 0.6) is 5.75 Å². The predicted molar refractivity (Wildman–Crippen MR) is 70.5 cm³/mol. The van der Waals surface area contributed by atoms with Gasteiger partial charge in [0.25, 0.3) is 0 Å². The van der Waals surface area contributed by atoms with Crippen molar-refractivity contribution in [3.05, 3.63) is 29.8 Å². The van der Waals surface area contributed by atoms with E-state index in [1.165, 1.54) is 5.56 Å². The van der Waals surface area contributed by atoms with Crippen molar-refractivity contribution in [1.82, 2.24) is 0 Å². The summed E-state index contributed by atoms with van der Waals surface area (Å²) < 4.78 is 11.1. The Morgan fingerprint density at radius 3 is 2.29 bits per heavy atom. The van der Waals surface area contributed by atoms with E-state index < -0.39 is 0 Å². The van der Waals surface area contributed by atoms with E-state index in [-0.39, 0.29) is 6.10 Å². The first-order valence-electron chi connectivity index (χ1n) is 6.21. The van der Waals surface area contributed by atoms with Crippen LogP contribution in [0.3, 0.4) is 0 Å². The van der Waals surface area contributed by atoms with Crippen LogP contribution in [0.1, 0.15) is 32.3 Å². The fraction of sp³-hybridized carbons (Fsp3) is 0.571. The van der Waals surface area contributed by atoms with Crippen LogP contribution in [0.15, 0.2) is 24.3 Å². The summed E-state index contributed by atoms with van der Waals surface area (Å²) >= 11 is 0. The summed E-state index contributed by atoms with van der Waals surface area (Å²) in [5.74, 6) is 1.41. The Morgan fingerprint density at radius 1 is 1.18 bits per heavy atom. The lowest BCUT2D eigenvalue weighted by molar-refractivity contribution is 0.0337. The van der Waals surface area contributed by atoms with Crippen LogP contribution < -0.4 is 10.5 Å². The third kappa shape index (κ3) is 4.75. The average molecular weight is 237 g/mol. The highest BCUT2D eigenvalue weighted by Crippen LogP contribution is 2.18. The minimum atomic E-state index is -0.0234. The molecule has 3 heteroatoms. The second-order valence-corrected chi connectivity index (χ2v) is 4.35. The zero-order chi connectivity index (χ0) is 12.7. The maximum absolute atomic E-state index is 5.64. The van der Waals surface area contributed by atoms with Gasteiger partial charge in [0.1, 0.15) is 18.5 Å². The second-order valence-electron chi connectivity index (χ2n) is 4.35. The summed E-state index contributed by atoms with van der Waals surface area (Å²) in [5, 5.41) is 0. The number of nitrogens with two attached hydrogens (primary N) is 1. The standard InChI is InChI=1S/C14H23NO2/c1-4-16-14(9-15)10-17-13-7-5-12(6-8-13)11(2)3/h5-8,11,14H,4,9-10,15H2,1-3H3. The van der Waals surface area contributed by atoms with E-state index in [9.17, 15) is 0 Å². The molecule has 0 heterocycles. The monoisotopic (exact) mass is 237 g/mol. The molecule has 96 valence electrons. The van der Waals surface area contributed by atoms with Crippen LogP contribution in [0, 0.1) is 0 Å². The first kappa shape index (κ1) is 14.0. The van der Waals surface area contributed by atoms with Crippen LogP contribution in [-0.2, 0) is 4.74 Å². The molecule has 1 aromatic carbocycles. The van der Waals surface area contributed by atoms with E-state index in [0.717, 1.165) is 5.75 Å². The Hall–Kier alpha value is -1.06. The van der Waals surface area contributed by atoms with Crippen LogP contribution in [0.2, 0.25) is 0 Å². The van der Waals surface area contributed by atoms with Gasteiger partial charge in [0.15, 0.2) is 0 Å². The highest BCUT2D eigenvalue weighted by atomic mass is 16.5.